The predicted octanol–water partition coefficient (Wildman–Crippen LogP) is 3.39. The fourth-order valence-electron chi connectivity index (χ4n) is 1.90. The molecule has 0 atom stereocenters. The minimum absolute atomic E-state index is 0.0115. The van der Waals surface area contributed by atoms with Crippen molar-refractivity contribution < 1.29 is 4.79 Å². The summed E-state index contributed by atoms with van der Waals surface area (Å²) in [5.74, 6) is -0.0115. The van der Waals surface area contributed by atoms with E-state index in [-0.39, 0.29) is 5.78 Å². The van der Waals surface area contributed by atoms with Gasteiger partial charge in [-0.3, -0.25) is 4.79 Å². The highest BCUT2D eigenvalue weighted by Gasteiger charge is 2.05. The van der Waals surface area contributed by atoms with Crippen LogP contribution >= 0.6 is 0 Å². The van der Waals surface area contributed by atoms with Gasteiger partial charge in [0.15, 0.2) is 5.78 Å². The van der Waals surface area contributed by atoms with Crippen molar-refractivity contribution in [3.05, 3.63) is 59.2 Å². The molecular weight excluding hydrogens is 236 g/mol. The van der Waals surface area contributed by atoms with E-state index in [0.717, 1.165) is 12.2 Å². The van der Waals surface area contributed by atoms with Crippen molar-refractivity contribution in [2.45, 2.75) is 20.4 Å². The molecule has 0 aliphatic carbocycles. The van der Waals surface area contributed by atoms with Crippen molar-refractivity contribution in [1.82, 2.24) is 0 Å². The summed E-state index contributed by atoms with van der Waals surface area (Å²) in [6.07, 6.45) is 0. The number of benzene rings is 2. The van der Waals surface area contributed by atoms with Gasteiger partial charge in [0.1, 0.15) is 0 Å². The Kier molecular flexibility index (Phi) is 3.85. The first kappa shape index (κ1) is 13.1. The number of nitrogens with two attached hydrogens (primary N) is 1. The van der Waals surface area contributed by atoms with E-state index in [1.165, 1.54) is 18.1 Å². The van der Waals surface area contributed by atoms with Crippen LogP contribution in [0.1, 0.15) is 28.4 Å². The molecule has 0 unspecified atom stereocenters. The summed E-state index contributed by atoms with van der Waals surface area (Å²) in [5, 5.41) is 3.30. The molecule has 0 radical (unpaired) electrons. The van der Waals surface area contributed by atoms with E-state index in [9.17, 15) is 4.79 Å². The Labute approximate surface area is 113 Å². The number of nitrogen functional groups attached to an aromatic ring is 1. The number of anilines is 2. The van der Waals surface area contributed by atoms with E-state index < -0.39 is 0 Å². The molecule has 0 bridgehead atoms. The number of carbonyl (C=O) groups excluding carboxylic acids is 1. The van der Waals surface area contributed by atoms with Crippen LogP contribution in [0.15, 0.2) is 42.5 Å². The van der Waals surface area contributed by atoms with Crippen LogP contribution in [0.25, 0.3) is 0 Å². The molecule has 3 N–H and O–H groups in total. The summed E-state index contributed by atoms with van der Waals surface area (Å²) in [6.45, 7) is 4.32. The van der Waals surface area contributed by atoms with Crippen molar-refractivity contribution >= 4 is 17.2 Å². The second-order valence-electron chi connectivity index (χ2n) is 4.70. The maximum atomic E-state index is 11.3. The van der Waals surface area contributed by atoms with Crippen molar-refractivity contribution in [1.29, 1.82) is 0 Å². The van der Waals surface area contributed by atoms with E-state index in [0.29, 0.717) is 11.3 Å². The lowest BCUT2D eigenvalue weighted by Gasteiger charge is -2.09. The molecule has 3 nitrogen and oxygen atoms in total. The van der Waals surface area contributed by atoms with Gasteiger partial charge >= 0.3 is 0 Å². The number of carbonyl (C=O) groups is 1. The molecule has 3 heteroatoms. The Hall–Kier alpha value is -2.29. The minimum Gasteiger partial charge on any atom is -0.398 e. The largest absolute Gasteiger partial charge is 0.398 e. The molecule has 0 spiro atoms. The van der Waals surface area contributed by atoms with E-state index in [1.54, 1.807) is 12.1 Å². The number of Topliss-reactive ketones (excluding diaryl/α,β-unsaturated/α-hetero) is 1. The quantitative estimate of drug-likeness (QED) is 0.649. The highest BCUT2D eigenvalue weighted by Crippen LogP contribution is 2.19. The zero-order valence-electron chi connectivity index (χ0n) is 11.2. The monoisotopic (exact) mass is 254 g/mol. The fraction of sp³-hybridized carbons (Fsp3) is 0.188. The topological polar surface area (TPSA) is 55.1 Å². The molecule has 19 heavy (non-hydrogen) atoms. The van der Waals surface area contributed by atoms with Crippen LogP contribution in [0.3, 0.4) is 0 Å². The lowest BCUT2D eigenvalue weighted by molar-refractivity contribution is 0.101. The Balaban J connectivity index is 2.06. The van der Waals surface area contributed by atoms with E-state index >= 15 is 0 Å². The lowest BCUT2D eigenvalue weighted by atomic mass is 10.1. The van der Waals surface area contributed by atoms with Crippen LogP contribution in [-0.2, 0) is 6.54 Å². The summed E-state index contributed by atoms with van der Waals surface area (Å²) in [5.41, 5.74) is 10.3. The number of nitrogens with one attached hydrogen (secondary N) is 1. The number of ketones is 1. The van der Waals surface area contributed by atoms with Crippen LogP contribution in [0.4, 0.5) is 11.4 Å². The van der Waals surface area contributed by atoms with Gasteiger partial charge in [-0.15, -0.1) is 0 Å². The Morgan fingerprint density at radius 2 is 1.84 bits per heavy atom. The first-order chi connectivity index (χ1) is 9.06. The maximum Gasteiger partial charge on any atom is 0.161 e. The van der Waals surface area contributed by atoms with Gasteiger partial charge in [-0.1, -0.05) is 29.8 Å². The molecular formula is C16H18N2O. The molecule has 0 aromatic heterocycles. The normalized spacial score (nSPS) is 10.2. The third-order valence-corrected chi connectivity index (χ3v) is 3.05. The molecule has 0 saturated carbocycles. The van der Waals surface area contributed by atoms with Gasteiger partial charge in [0, 0.05) is 23.5 Å². The van der Waals surface area contributed by atoms with Gasteiger partial charge in [0.25, 0.3) is 0 Å². The Morgan fingerprint density at radius 1 is 1.16 bits per heavy atom. The van der Waals surface area contributed by atoms with Gasteiger partial charge in [0.05, 0.1) is 0 Å². The molecule has 0 aliphatic heterocycles. The van der Waals surface area contributed by atoms with Crippen molar-refractivity contribution in [2.75, 3.05) is 11.1 Å². The van der Waals surface area contributed by atoms with Gasteiger partial charge < -0.3 is 11.1 Å². The molecule has 2 aromatic rings. The Morgan fingerprint density at radius 3 is 2.42 bits per heavy atom. The van der Waals surface area contributed by atoms with Crippen molar-refractivity contribution in [3.63, 3.8) is 0 Å². The van der Waals surface area contributed by atoms with E-state index in [1.807, 2.05) is 6.07 Å². The smallest absolute Gasteiger partial charge is 0.161 e. The fourth-order valence-corrected chi connectivity index (χ4v) is 1.90. The summed E-state index contributed by atoms with van der Waals surface area (Å²) in [7, 11) is 0. The predicted molar refractivity (Wildman–Crippen MR) is 79.4 cm³/mol. The summed E-state index contributed by atoms with van der Waals surface area (Å²) in [4.78, 5) is 11.3. The molecule has 98 valence electrons. The molecule has 0 fully saturated rings. The minimum atomic E-state index is -0.0115. The highest BCUT2D eigenvalue weighted by atomic mass is 16.1. The number of hydrogen-bond donors (Lipinski definition) is 2. The SMILES string of the molecule is CC(=O)c1ccc(NCc2ccc(C)cc2)cc1N. The average molecular weight is 254 g/mol. The zero-order valence-corrected chi connectivity index (χ0v) is 11.2. The van der Waals surface area contributed by atoms with Crippen molar-refractivity contribution in [2.24, 2.45) is 0 Å². The first-order valence-electron chi connectivity index (χ1n) is 6.26. The standard InChI is InChI=1S/C16H18N2O/c1-11-3-5-13(6-4-11)10-18-14-7-8-15(12(2)19)16(17)9-14/h3-9,18H,10,17H2,1-2H3. The molecule has 0 amide bonds. The highest BCUT2D eigenvalue weighted by molar-refractivity contribution is 5.99. The first-order valence-corrected chi connectivity index (χ1v) is 6.26. The second kappa shape index (κ2) is 5.57. The maximum absolute atomic E-state index is 11.3. The number of aryl methyl sites for hydroxylation is 1. The Bertz CT molecular complexity index is 588. The van der Waals surface area contributed by atoms with Crippen molar-refractivity contribution in [3.8, 4) is 0 Å². The van der Waals surface area contributed by atoms with Crippen LogP contribution in [0.5, 0.6) is 0 Å². The van der Waals surface area contributed by atoms with E-state index in [2.05, 4.69) is 36.5 Å². The summed E-state index contributed by atoms with van der Waals surface area (Å²) < 4.78 is 0. The van der Waals surface area contributed by atoms with Crippen LogP contribution in [-0.4, -0.2) is 5.78 Å². The van der Waals surface area contributed by atoms with Crippen LogP contribution < -0.4 is 11.1 Å². The molecule has 0 saturated heterocycles. The van der Waals surface area contributed by atoms with Gasteiger partial charge in [-0.05, 0) is 37.6 Å². The third-order valence-electron chi connectivity index (χ3n) is 3.05. The number of rotatable bonds is 4. The van der Waals surface area contributed by atoms with E-state index in [4.69, 9.17) is 5.73 Å². The van der Waals surface area contributed by atoms with Gasteiger partial charge in [-0.2, -0.15) is 0 Å². The number of hydrogen-bond acceptors (Lipinski definition) is 3. The molecule has 2 aromatic carbocycles. The average Bonchev–Trinajstić information content (AvgIpc) is 2.37. The second-order valence-corrected chi connectivity index (χ2v) is 4.70. The molecule has 0 aliphatic rings. The van der Waals surface area contributed by atoms with Gasteiger partial charge in [0.2, 0.25) is 0 Å². The van der Waals surface area contributed by atoms with Crippen LogP contribution in [0, 0.1) is 6.92 Å². The molecule has 2 rings (SSSR count). The lowest BCUT2D eigenvalue weighted by Crippen LogP contribution is -2.03. The zero-order chi connectivity index (χ0) is 13.8. The summed E-state index contributed by atoms with van der Waals surface area (Å²) >= 11 is 0. The van der Waals surface area contributed by atoms with Crippen LogP contribution in [0.2, 0.25) is 0 Å². The summed E-state index contributed by atoms with van der Waals surface area (Å²) in [6, 6.07) is 13.8. The molecule has 0 heterocycles. The van der Waals surface area contributed by atoms with Gasteiger partial charge in [-0.25, -0.2) is 0 Å². The third kappa shape index (κ3) is 3.35.